The number of hydrogen-bond donors (Lipinski definition) is 2. The third kappa shape index (κ3) is 3.89. The first-order valence-corrected chi connectivity index (χ1v) is 10.6. The molecule has 1 aliphatic heterocycles. The van der Waals surface area contributed by atoms with E-state index in [1.807, 2.05) is 4.90 Å². The second-order valence-corrected chi connectivity index (χ2v) is 9.23. The molecule has 29 heavy (non-hydrogen) atoms. The van der Waals surface area contributed by atoms with Gasteiger partial charge in [-0.25, -0.2) is 15.0 Å². The molecule has 2 aromatic heterocycles. The number of hydrogen-bond acceptors (Lipinski definition) is 7. The molecule has 1 aromatic carbocycles. The standard InChI is InChI=1S/C19H18ClN5O3S/c1-19(2)10-25(15-7-13(29(26,27)28)4-5-14(15)19)18-8-17(22-11-23-18)24-16-6-3-12(20)9-21-16/h3-9,11H,10H2,1-2H3,(H,26,27,28)(H,21,22,23,24). The fourth-order valence-electron chi connectivity index (χ4n) is 3.38. The van der Waals surface area contributed by atoms with Crippen molar-refractivity contribution < 1.29 is 13.0 Å². The predicted octanol–water partition coefficient (Wildman–Crippen LogP) is 3.94. The van der Waals surface area contributed by atoms with Crippen LogP contribution in [-0.2, 0) is 15.5 Å². The van der Waals surface area contributed by atoms with Crippen molar-refractivity contribution in [2.24, 2.45) is 0 Å². The van der Waals surface area contributed by atoms with Crippen molar-refractivity contribution in [1.82, 2.24) is 15.0 Å². The van der Waals surface area contributed by atoms with Gasteiger partial charge in [0.2, 0.25) is 0 Å². The molecule has 0 amide bonds. The Bertz CT molecular complexity index is 1180. The Kier molecular flexibility index (Phi) is 4.68. The van der Waals surface area contributed by atoms with Crippen molar-refractivity contribution in [2.45, 2.75) is 24.2 Å². The van der Waals surface area contributed by atoms with E-state index in [0.717, 1.165) is 5.56 Å². The number of benzene rings is 1. The van der Waals surface area contributed by atoms with Crippen LogP contribution in [0.5, 0.6) is 0 Å². The largest absolute Gasteiger partial charge is 0.325 e. The molecule has 3 heterocycles. The molecule has 0 fully saturated rings. The lowest BCUT2D eigenvalue weighted by Gasteiger charge is -2.21. The molecule has 0 radical (unpaired) electrons. The lowest BCUT2D eigenvalue weighted by molar-refractivity contribution is 0.483. The van der Waals surface area contributed by atoms with E-state index in [0.29, 0.717) is 34.7 Å². The van der Waals surface area contributed by atoms with Crippen LogP contribution >= 0.6 is 11.6 Å². The molecule has 10 heteroatoms. The molecule has 0 atom stereocenters. The minimum Gasteiger partial charge on any atom is -0.325 e. The fourth-order valence-corrected chi connectivity index (χ4v) is 3.99. The average Bonchev–Trinajstić information content (AvgIpc) is 2.94. The third-order valence-corrected chi connectivity index (χ3v) is 5.83. The first-order valence-electron chi connectivity index (χ1n) is 8.74. The molecule has 0 bridgehead atoms. The van der Waals surface area contributed by atoms with Gasteiger partial charge in [0, 0.05) is 29.9 Å². The van der Waals surface area contributed by atoms with Gasteiger partial charge in [0.15, 0.2) is 0 Å². The summed E-state index contributed by atoms with van der Waals surface area (Å²) >= 11 is 5.86. The van der Waals surface area contributed by atoms with Crippen molar-refractivity contribution in [2.75, 3.05) is 16.8 Å². The van der Waals surface area contributed by atoms with Gasteiger partial charge in [-0.15, -0.1) is 0 Å². The highest BCUT2D eigenvalue weighted by molar-refractivity contribution is 7.85. The number of pyridine rings is 1. The second-order valence-electron chi connectivity index (χ2n) is 7.37. The van der Waals surface area contributed by atoms with E-state index in [2.05, 4.69) is 34.1 Å². The Morgan fingerprint density at radius 3 is 2.59 bits per heavy atom. The van der Waals surface area contributed by atoms with Gasteiger partial charge in [-0.3, -0.25) is 4.55 Å². The number of anilines is 4. The van der Waals surface area contributed by atoms with Gasteiger partial charge in [0.25, 0.3) is 10.1 Å². The third-order valence-electron chi connectivity index (χ3n) is 4.75. The van der Waals surface area contributed by atoms with Gasteiger partial charge < -0.3 is 10.2 Å². The van der Waals surface area contributed by atoms with Gasteiger partial charge in [0.05, 0.1) is 9.92 Å². The van der Waals surface area contributed by atoms with Crippen LogP contribution < -0.4 is 10.2 Å². The topological polar surface area (TPSA) is 108 Å². The Morgan fingerprint density at radius 2 is 1.90 bits per heavy atom. The zero-order valence-corrected chi connectivity index (χ0v) is 17.2. The summed E-state index contributed by atoms with van der Waals surface area (Å²) in [5.41, 5.74) is 1.42. The van der Waals surface area contributed by atoms with Crippen molar-refractivity contribution in [3.63, 3.8) is 0 Å². The van der Waals surface area contributed by atoms with Gasteiger partial charge >= 0.3 is 0 Å². The summed E-state index contributed by atoms with van der Waals surface area (Å²) in [5, 5.41) is 3.62. The van der Waals surface area contributed by atoms with Crippen molar-refractivity contribution in [3.8, 4) is 0 Å². The van der Waals surface area contributed by atoms with E-state index < -0.39 is 10.1 Å². The maximum atomic E-state index is 11.6. The number of nitrogens with zero attached hydrogens (tertiary/aromatic N) is 4. The van der Waals surface area contributed by atoms with Crippen molar-refractivity contribution >= 4 is 44.9 Å². The minimum atomic E-state index is -4.31. The van der Waals surface area contributed by atoms with Crippen LogP contribution in [0.4, 0.5) is 23.1 Å². The monoisotopic (exact) mass is 431 g/mol. The zero-order chi connectivity index (χ0) is 20.8. The van der Waals surface area contributed by atoms with Gasteiger partial charge in [0.1, 0.15) is 23.8 Å². The van der Waals surface area contributed by atoms with Crippen LogP contribution in [0.25, 0.3) is 0 Å². The lowest BCUT2D eigenvalue weighted by atomic mass is 9.87. The molecule has 0 unspecified atom stereocenters. The molecule has 2 N–H and O–H groups in total. The first-order chi connectivity index (χ1) is 13.6. The van der Waals surface area contributed by atoms with E-state index in [9.17, 15) is 13.0 Å². The summed E-state index contributed by atoms with van der Waals surface area (Å²) in [6, 6.07) is 9.82. The van der Waals surface area contributed by atoms with Crippen LogP contribution in [0.15, 0.2) is 53.8 Å². The molecule has 0 saturated carbocycles. The van der Waals surface area contributed by atoms with Gasteiger partial charge in [-0.2, -0.15) is 8.42 Å². The van der Waals surface area contributed by atoms with E-state index in [4.69, 9.17) is 11.6 Å². The maximum absolute atomic E-state index is 11.6. The molecule has 8 nitrogen and oxygen atoms in total. The van der Waals surface area contributed by atoms with Crippen molar-refractivity contribution in [3.05, 3.63) is 59.5 Å². The number of nitrogens with one attached hydrogen (secondary N) is 1. The molecule has 3 aromatic rings. The highest BCUT2D eigenvalue weighted by atomic mass is 35.5. The Labute approximate surface area is 173 Å². The molecule has 0 spiro atoms. The van der Waals surface area contributed by atoms with Crippen LogP contribution in [0, 0.1) is 0 Å². The number of rotatable bonds is 4. The molecule has 1 aliphatic rings. The lowest BCUT2D eigenvalue weighted by Crippen LogP contribution is -2.25. The fraction of sp³-hybridized carbons (Fsp3) is 0.211. The SMILES string of the molecule is CC1(C)CN(c2cc(Nc3ccc(Cl)cn3)ncn2)c2cc(S(=O)(=O)O)ccc21. The molecule has 150 valence electrons. The van der Waals surface area contributed by atoms with E-state index >= 15 is 0 Å². The van der Waals surface area contributed by atoms with E-state index in [1.165, 1.54) is 24.7 Å². The Hall–Kier alpha value is -2.75. The smallest absolute Gasteiger partial charge is 0.294 e. The summed E-state index contributed by atoms with van der Waals surface area (Å²) in [4.78, 5) is 14.5. The Balaban J connectivity index is 1.72. The van der Waals surface area contributed by atoms with E-state index in [-0.39, 0.29) is 10.3 Å². The summed E-state index contributed by atoms with van der Waals surface area (Å²) in [5.74, 6) is 1.70. The molecular formula is C19H18ClN5O3S. The van der Waals surface area contributed by atoms with Crippen LogP contribution in [0.2, 0.25) is 5.02 Å². The molecule has 0 aliphatic carbocycles. The summed E-state index contributed by atoms with van der Waals surface area (Å²) in [6.07, 6.45) is 2.95. The maximum Gasteiger partial charge on any atom is 0.294 e. The van der Waals surface area contributed by atoms with Crippen LogP contribution in [0.3, 0.4) is 0 Å². The highest BCUT2D eigenvalue weighted by Gasteiger charge is 2.37. The summed E-state index contributed by atoms with van der Waals surface area (Å²) < 4.78 is 32.6. The zero-order valence-electron chi connectivity index (χ0n) is 15.7. The number of halogens is 1. The molecular weight excluding hydrogens is 414 g/mol. The second kappa shape index (κ2) is 6.94. The highest BCUT2D eigenvalue weighted by Crippen LogP contribution is 2.44. The Morgan fingerprint density at radius 1 is 1.10 bits per heavy atom. The number of fused-ring (bicyclic) bond motifs is 1. The summed E-state index contributed by atoms with van der Waals surface area (Å²) in [6.45, 7) is 4.72. The quantitative estimate of drug-likeness (QED) is 0.598. The average molecular weight is 432 g/mol. The van der Waals surface area contributed by atoms with Crippen LogP contribution in [0.1, 0.15) is 19.4 Å². The minimum absolute atomic E-state index is 0.156. The van der Waals surface area contributed by atoms with Gasteiger partial charge in [-0.1, -0.05) is 31.5 Å². The van der Waals surface area contributed by atoms with Gasteiger partial charge in [-0.05, 0) is 29.8 Å². The normalized spacial score (nSPS) is 15.2. The predicted molar refractivity (Wildman–Crippen MR) is 111 cm³/mol. The van der Waals surface area contributed by atoms with Crippen LogP contribution in [-0.4, -0.2) is 34.5 Å². The molecule has 0 saturated heterocycles. The van der Waals surface area contributed by atoms with E-state index in [1.54, 1.807) is 24.3 Å². The number of aromatic nitrogens is 3. The molecule has 4 rings (SSSR count). The van der Waals surface area contributed by atoms with Crippen molar-refractivity contribution in [1.29, 1.82) is 0 Å². The first kappa shape index (κ1) is 19.6. The summed E-state index contributed by atoms with van der Waals surface area (Å²) in [7, 11) is -4.31.